The third-order valence-electron chi connectivity index (χ3n) is 6.17. The summed E-state index contributed by atoms with van der Waals surface area (Å²) in [5.74, 6) is 3.93. The zero-order valence-electron chi connectivity index (χ0n) is 17.2. The van der Waals surface area contributed by atoms with Gasteiger partial charge in [-0.25, -0.2) is 18.7 Å². The molecular formula is C17H29N5O7S2. The van der Waals surface area contributed by atoms with Gasteiger partial charge in [-0.1, -0.05) is 0 Å². The lowest BCUT2D eigenvalue weighted by Crippen LogP contribution is -2.50. The molecule has 31 heavy (non-hydrogen) atoms. The highest BCUT2D eigenvalue weighted by molar-refractivity contribution is 7.96. The predicted octanol–water partition coefficient (Wildman–Crippen LogP) is -2.11. The smallest absolute Gasteiger partial charge is 0.346 e. The Morgan fingerprint density at radius 3 is 2.81 bits per heavy atom. The van der Waals surface area contributed by atoms with Gasteiger partial charge in [-0.2, -0.15) is 9.35 Å². The van der Waals surface area contributed by atoms with Crippen molar-refractivity contribution in [2.75, 3.05) is 50.0 Å². The van der Waals surface area contributed by atoms with Crippen molar-refractivity contribution in [2.24, 2.45) is 5.92 Å². The first kappa shape index (κ1) is 23.0. The summed E-state index contributed by atoms with van der Waals surface area (Å²) in [7, 11) is -4.56. The van der Waals surface area contributed by atoms with Crippen LogP contribution >= 0.6 is 0 Å². The third-order valence-corrected chi connectivity index (χ3v) is 9.02. The summed E-state index contributed by atoms with van der Waals surface area (Å²) in [5.41, 5.74) is 2.42. The van der Waals surface area contributed by atoms with Crippen LogP contribution in [0.4, 0.5) is 4.79 Å². The fourth-order valence-corrected chi connectivity index (χ4v) is 7.41. The number of piperidine rings is 1. The summed E-state index contributed by atoms with van der Waals surface area (Å²) in [6.07, 6.45) is 1.68. The van der Waals surface area contributed by atoms with Crippen LogP contribution in [0.3, 0.4) is 0 Å². The second-order valence-electron chi connectivity index (χ2n) is 8.41. The maximum absolute atomic E-state index is 12.5. The van der Waals surface area contributed by atoms with Crippen molar-refractivity contribution in [1.82, 2.24) is 26.1 Å². The molecule has 0 unspecified atom stereocenters. The Labute approximate surface area is 184 Å². The van der Waals surface area contributed by atoms with Gasteiger partial charge >= 0.3 is 6.03 Å². The highest BCUT2D eigenvalue weighted by Gasteiger charge is 2.48. The Kier molecular flexibility index (Phi) is 7.25. The van der Waals surface area contributed by atoms with Gasteiger partial charge in [0.05, 0.1) is 12.6 Å². The quantitative estimate of drug-likeness (QED) is 0.154. The van der Waals surface area contributed by atoms with Crippen LogP contribution in [0, 0.1) is 5.92 Å². The molecule has 4 aliphatic rings. The zero-order chi connectivity index (χ0) is 22.0. The van der Waals surface area contributed by atoms with Crippen molar-refractivity contribution >= 4 is 33.2 Å². The maximum Gasteiger partial charge on any atom is 0.346 e. The van der Waals surface area contributed by atoms with Gasteiger partial charge in [0, 0.05) is 38.1 Å². The van der Waals surface area contributed by atoms with Crippen LogP contribution < -0.4 is 16.1 Å². The van der Waals surface area contributed by atoms with E-state index in [0.29, 0.717) is 41.3 Å². The molecule has 4 saturated heterocycles. The second kappa shape index (κ2) is 9.77. The minimum atomic E-state index is -5.06. The van der Waals surface area contributed by atoms with Crippen molar-refractivity contribution < 1.29 is 31.7 Å². The van der Waals surface area contributed by atoms with Gasteiger partial charge in [0.2, 0.25) is 10.4 Å². The molecule has 0 aliphatic carbocycles. The number of amides is 3. The molecule has 0 aromatic heterocycles. The lowest BCUT2D eigenvalue weighted by Gasteiger charge is -2.29. The van der Waals surface area contributed by atoms with Crippen molar-refractivity contribution in [3.63, 3.8) is 0 Å². The number of nitrogens with one attached hydrogen (secondary N) is 3. The van der Waals surface area contributed by atoms with E-state index in [-0.39, 0.29) is 12.6 Å². The van der Waals surface area contributed by atoms with Crippen LogP contribution in [-0.2, 0) is 35.2 Å². The van der Waals surface area contributed by atoms with Gasteiger partial charge < -0.3 is 20.1 Å². The molecule has 0 radical (unpaired) electrons. The van der Waals surface area contributed by atoms with E-state index in [1.165, 1.54) is 22.2 Å². The number of carbonyl (C=O) groups is 2. The Morgan fingerprint density at radius 2 is 2.06 bits per heavy atom. The molecule has 4 heterocycles. The molecule has 4 fully saturated rings. The fraction of sp³-hybridized carbons (Fsp3) is 0.882. The van der Waals surface area contributed by atoms with E-state index in [2.05, 4.69) is 20.4 Å². The minimum absolute atomic E-state index is 0.121. The van der Waals surface area contributed by atoms with Crippen LogP contribution in [0.15, 0.2) is 0 Å². The van der Waals surface area contributed by atoms with E-state index in [1.54, 1.807) is 0 Å². The molecule has 0 aromatic rings. The van der Waals surface area contributed by atoms with Gasteiger partial charge in [0.15, 0.2) is 0 Å². The predicted molar refractivity (Wildman–Crippen MR) is 110 cm³/mol. The Morgan fingerprint density at radius 1 is 1.29 bits per heavy atom. The topological polar surface area (TPSA) is 152 Å². The fourth-order valence-electron chi connectivity index (χ4n) is 4.70. The number of hydrogen-bond acceptors (Lipinski definition) is 9. The van der Waals surface area contributed by atoms with E-state index >= 15 is 0 Å². The van der Waals surface area contributed by atoms with Gasteiger partial charge in [0.1, 0.15) is 23.3 Å². The standard InChI is InChI=1S/C17H29N5O7S2/c23-16(15-2-1-14-9-21(15)17(24)22(14)29-31(25,26)27)20-28-10-13-7-12(8-19-13)11-30-5-3-18-4-6-30/h12-15,18-19H,1-11H2,(H-,20,23,25,26,27)/t12-,13-,14+,15-/m0/s1. The van der Waals surface area contributed by atoms with Crippen LogP contribution in [0.5, 0.6) is 0 Å². The highest BCUT2D eigenvalue weighted by atomic mass is 32.3. The summed E-state index contributed by atoms with van der Waals surface area (Å²) in [6.45, 7) is 3.64. The normalized spacial score (nSPS) is 32.0. The molecule has 12 nitrogen and oxygen atoms in total. The minimum Gasteiger partial charge on any atom is -0.724 e. The van der Waals surface area contributed by atoms with E-state index in [9.17, 15) is 22.6 Å². The number of hydroxylamine groups is 3. The molecule has 4 atom stereocenters. The van der Waals surface area contributed by atoms with Crippen molar-refractivity contribution in [2.45, 2.75) is 37.4 Å². The average Bonchev–Trinajstić information content (AvgIpc) is 3.26. The largest absolute Gasteiger partial charge is 0.724 e. The molecule has 4 aliphatic heterocycles. The maximum atomic E-state index is 12.5. The Hall–Kier alpha value is -1.16. The summed E-state index contributed by atoms with van der Waals surface area (Å²) >= 11 is 0. The molecule has 14 heteroatoms. The van der Waals surface area contributed by atoms with Crippen molar-refractivity contribution in [1.29, 1.82) is 0 Å². The van der Waals surface area contributed by atoms with E-state index in [4.69, 9.17) is 4.84 Å². The number of carbonyl (C=O) groups excluding carboxylic acids is 2. The highest BCUT2D eigenvalue weighted by Crippen LogP contribution is 2.30. The summed E-state index contributed by atoms with van der Waals surface area (Å²) in [4.78, 5) is 31.5. The molecule has 3 N–H and O–H groups in total. The number of hydrogen-bond donors (Lipinski definition) is 3. The van der Waals surface area contributed by atoms with Crippen LogP contribution in [0.1, 0.15) is 19.3 Å². The van der Waals surface area contributed by atoms with Gasteiger partial charge in [0.25, 0.3) is 5.91 Å². The molecule has 176 valence electrons. The van der Waals surface area contributed by atoms with Crippen molar-refractivity contribution in [3.05, 3.63) is 0 Å². The molecule has 4 rings (SSSR count). The van der Waals surface area contributed by atoms with Crippen LogP contribution in [-0.4, -0.2) is 103 Å². The summed E-state index contributed by atoms with van der Waals surface area (Å²) in [5, 5.41) is 7.40. The van der Waals surface area contributed by atoms with Crippen LogP contribution in [0.25, 0.3) is 0 Å². The number of rotatable bonds is 8. The lowest BCUT2D eigenvalue weighted by atomic mass is 10.0. The molecule has 0 saturated carbocycles. The number of fused-ring (bicyclic) bond motifs is 2. The van der Waals surface area contributed by atoms with Crippen molar-refractivity contribution in [3.8, 4) is 0 Å². The summed E-state index contributed by atoms with van der Waals surface area (Å²) in [6, 6.07) is -1.99. The average molecular weight is 480 g/mol. The van der Waals surface area contributed by atoms with E-state index < -0.39 is 34.4 Å². The van der Waals surface area contributed by atoms with Crippen LogP contribution in [0.2, 0.25) is 0 Å². The van der Waals surface area contributed by atoms with Gasteiger partial charge in [-0.05, 0) is 30.2 Å². The zero-order valence-corrected chi connectivity index (χ0v) is 18.8. The van der Waals surface area contributed by atoms with E-state index in [1.807, 2.05) is 0 Å². The first-order chi connectivity index (χ1) is 14.8. The Bertz CT molecular complexity index is 779. The molecular weight excluding hydrogens is 450 g/mol. The van der Waals surface area contributed by atoms with Gasteiger partial charge in [-0.3, -0.25) is 9.63 Å². The second-order valence-corrected chi connectivity index (χ2v) is 11.8. The monoisotopic (exact) mass is 479 g/mol. The third kappa shape index (κ3) is 5.80. The molecule has 0 spiro atoms. The molecule has 0 aromatic carbocycles. The SMILES string of the molecule is O=C(NOC[C@@H]1C[C@H](C[S+]2CCNCC2)CN1)[C@@H]1CC[C@@H]2CN1C(=O)N2OS(=O)(=O)[O-]. The number of nitrogens with zero attached hydrogens (tertiary/aromatic N) is 2. The first-order valence-corrected chi connectivity index (χ1v) is 13.6. The lowest BCUT2D eigenvalue weighted by molar-refractivity contribution is -0.139. The summed E-state index contributed by atoms with van der Waals surface area (Å²) < 4.78 is 36.8. The molecule has 3 amide bonds. The Balaban J connectivity index is 1.19. The number of urea groups is 1. The molecule has 2 bridgehead atoms. The first-order valence-electron chi connectivity index (χ1n) is 10.6. The van der Waals surface area contributed by atoms with E-state index in [0.717, 1.165) is 26.1 Å². The van der Waals surface area contributed by atoms with Gasteiger partial charge in [-0.15, -0.1) is 0 Å².